The fourth-order valence-electron chi connectivity index (χ4n) is 2.29. The van der Waals surface area contributed by atoms with Crippen LogP contribution in [0.2, 0.25) is 0 Å². The predicted molar refractivity (Wildman–Crippen MR) is 94.2 cm³/mol. The maximum absolute atomic E-state index is 12.6. The fraction of sp³-hybridized carbons (Fsp3) is 0.294. The molecule has 1 amide bonds. The number of benzene rings is 1. The molecule has 1 aromatic carbocycles. The first-order valence-corrected chi connectivity index (χ1v) is 9.58. The van der Waals surface area contributed by atoms with E-state index in [2.05, 4.69) is 10.3 Å². The summed E-state index contributed by atoms with van der Waals surface area (Å²) in [6.45, 7) is 1.46. The minimum absolute atomic E-state index is 0.224. The molecule has 0 aliphatic carbocycles. The van der Waals surface area contributed by atoms with E-state index in [0.717, 1.165) is 24.4 Å². The number of nitrogen functional groups attached to an aromatic ring is 1. The van der Waals surface area contributed by atoms with Gasteiger partial charge in [-0.05, 0) is 36.8 Å². The highest BCUT2D eigenvalue weighted by atomic mass is 32.2. The van der Waals surface area contributed by atoms with E-state index in [1.807, 2.05) is 0 Å². The number of rotatable bonds is 6. The van der Waals surface area contributed by atoms with Crippen LogP contribution in [0.1, 0.15) is 29.4 Å². The summed E-state index contributed by atoms with van der Waals surface area (Å²) in [5.74, 6) is -0.683. The predicted octanol–water partition coefficient (Wildman–Crippen LogP) is 2.02. The molecule has 4 N–H and O–H groups in total. The van der Waals surface area contributed by atoms with Crippen LogP contribution >= 0.6 is 0 Å². The summed E-state index contributed by atoms with van der Waals surface area (Å²) >= 11 is 0. The van der Waals surface area contributed by atoms with Crippen molar-refractivity contribution in [2.75, 3.05) is 12.3 Å². The van der Waals surface area contributed by atoms with Gasteiger partial charge in [-0.25, -0.2) is 13.4 Å². The zero-order chi connectivity index (χ0) is 21.1. The zero-order valence-electron chi connectivity index (χ0n) is 14.7. The van der Waals surface area contributed by atoms with E-state index in [9.17, 15) is 26.4 Å². The number of nitrogens with zero attached hydrogens (tertiary/aromatic N) is 1. The molecule has 0 aliphatic heterocycles. The van der Waals surface area contributed by atoms with Gasteiger partial charge in [0.05, 0.1) is 33.7 Å². The summed E-state index contributed by atoms with van der Waals surface area (Å²) in [6.07, 6.45) is -3.23. The lowest BCUT2D eigenvalue weighted by molar-refractivity contribution is -0.137. The fourth-order valence-corrected chi connectivity index (χ4v) is 3.53. The van der Waals surface area contributed by atoms with Crippen molar-refractivity contribution in [3.05, 3.63) is 47.8 Å². The average Bonchev–Trinajstić information content (AvgIpc) is 2.65. The number of aliphatic hydroxyl groups is 1. The second kappa shape index (κ2) is 8.15. The van der Waals surface area contributed by atoms with E-state index < -0.39 is 33.5 Å². The SMILES string of the molecule is CC[C@@H](CO)NC(=O)c1ncc(S(=O)(=O)c2ccc(C(F)(F)F)cc2)cc1N. The number of halogens is 3. The number of nitrogens with two attached hydrogens (primary N) is 1. The lowest BCUT2D eigenvalue weighted by Crippen LogP contribution is -2.37. The largest absolute Gasteiger partial charge is 0.416 e. The summed E-state index contributed by atoms with van der Waals surface area (Å²) in [5, 5.41) is 11.6. The van der Waals surface area contributed by atoms with E-state index >= 15 is 0 Å². The summed E-state index contributed by atoms with van der Waals surface area (Å²) < 4.78 is 63.0. The quantitative estimate of drug-likeness (QED) is 0.661. The molecule has 1 heterocycles. The van der Waals surface area contributed by atoms with Gasteiger partial charge in [0.1, 0.15) is 0 Å². The van der Waals surface area contributed by atoms with E-state index in [-0.39, 0.29) is 27.8 Å². The van der Waals surface area contributed by atoms with Crippen LogP contribution in [-0.2, 0) is 16.0 Å². The van der Waals surface area contributed by atoms with Gasteiger partial charge in [0.25, 0.3) is 5.91 Å². The Morgan fingerprint density at radius 1 is 1.25 bits per heavy atom. The first-order chi connectivity index (χ1) is 13.0. The molecule has 7 nitrogen and oxygen atoms in total. The molecule has 11 heteroatoms. The number of carbonyl (C=O) groups excluding carboxylic acids is 1. The first-order valence-electron chi connectivity index (χ1n) is 8.10. The van der Waals surface area contributed by atoms with Gasteiger partial charge in [-0.15, -0.1) is 0 Å². The van der Waals surface area contributed by atoms with Gasteiger partial charge in [-0.3, -0.25) is 4.79 Å². The zero-order valence-corrected chi connectivity index (χ0v) is 15.5. The third kappa shape index (κ3) is 4.60. The number of anilines is 1. The molecule has 152 valence electrons. The van der Waals surface area contributed by atoms with Gasteiger partial charge in [0.2, 0.25) is 9.84 Å². The van der Waals surface area contributed by atoms with Gasteiger partial charge >= 0.3 is 6.18 Å². The van der Waals surface area contributed by atoms with Crippen LogP contribution in [0.4, 0.5) is 18.9 Å². The van der Waals surface area contributed by atoms with Gasteiger partial charge in [-0.1, -0.05) is 6.92 Å². The Morgan fingerprint density at radius 2 is 1.86 bits per heavy atom. The second-order valence-electron chi connectivity index (χ2n) is 5.90. The molecule has 0 saturated carbocycles. The van der Waals surface area contributed by atoms with Crippen molar-refractivity contribution in [2.24, 2.45) is 0 Å². The molecule has 0 spiro atoms. The first kappa shape index (κ1) is 21.6. The minimum atomic E-state index is -4.59. The maximum Gasteiger partial charge on any atom is 0.416 e. The Bertz CT molecular complexity index is 957. The lowest BCUT2D eigenvalue weighted by Gasteiger charge is -2.15. The molecule has 0 saturated heterocycles. The third-order valence-corrected chi connectivity index (χ3v) is 5.69. The topological polar surface area (TPSA) is 122 Å². The molecular weight excluding hydrogens is 399 g/mol. The normalized spacial score (nSPS) is 13.2. The number of alkyl halides is 3. The Hall–Kier alpha value is -2.66. The standard InChI is InChI=1S/C17H18F3N3O4S/c1-2-11(9-24)23-16(25)15-14(21)7-13(8-22-15)28(26,27)12-5-3-10(4-6-12)17(18,19)20/h3-8,11,24H,2,9,21H2,1H3,(H,23,25)/t11-/m0/s1. The van der Waals surface area contributed by atoms with E-state index in [4.69, 9.17) is 10.8 Å². The Morgan fingerprint density at radius 3 is 2.32 bits per heavy atom. The molecule has 1 aromatic heterocycles. The number of hydrogen-bond donors (Lipinski definition) is 3. The van der Waals surface area contributed by atoms with E-state index in [1.54, 1.807) is 6.92 Å². The number of sulfone groups is 1. The molecular formula is C17H18F3N3O4S. The van der Waals surface area contributed by atoms with Crippen LogP contribution in [0.15, 0.2) is 46.3 Å². The van der Waals surface area contributed by atoms with Crippen molar-refractivity contribution in [1.82, 2.24) is 10.3 Å². The minimum Gasteiger partial charge on any atom is -0.397 e. The summed E-state index contributed by atoms with van der Waals surface area (Å²) in [6, 6.07) is 3.49. The van der Waals surface area contributed by atoms with Gasteiger partial charge in [-0.2, -0.15) is 13.2 Å². The highest BCUT2D eigenvalue weighted by molar-refractivity contribution is 7.91. The van der Waals surface area contributed by atoms with Crippen LogP contribution in [-0.4, -0.2) is 37.1 Å². The number of aliphatic hydroxyl groups excluding tert-OH is 1. The van der Waals surface area contributed by atoms with Gasteiger partial charge in [0, 0.05) is 6.20 Å². The monoisotopic (exact) mass is 417 g/mol. The maximum atomic E-state index is 12.6. The molecule has 0 fully saturated rings. The Balaban J connectivity index is 2.32. The van der Waals surface area contributed by atoms with Crippen molar-refractivity contribution in [3.63, 3.8) is 0 Å². The van der Waals surface area contributed by atoms with Crippen LogP contribution in [0.3, 0.4) is 0 Å². The number of hydrogen-bond acceptors (Lipinski definition) is 6. The molecule has 0 unspecified atom stereocenters. The Labute approximate surface area is 159 Å². The number of amides is 1. The van der Waals surface area contributed by atoms with Crippen LogP contribution in [0.5, 0.6) is 0 Å². The van der Waals surface area contributed by atoms with Crippen LogP contribution in [0, 0.1) is 0 Å². The molecule has 2 rings (SSSR count). The molecule has 28 heavy (non-hydrogen) atoms. The van der Waals surface area contributed by atoms with Gasteiger partial charge < -0.3 is 16.2 Å². The molecule has 2 aromatic rings. The highest BCUT2D eigenvalue weighted by Gasteiger charge is 2.31. The number of aromatic nitrogens is 1. The van der Waals surface area contributed by atoms with Crippen molar-refractivity contribution in [3.8, 4) is 0 Å². The molecule has 0 radical (unpaired) electrons. The van der Waals surface area contributed by atoms with Crippen LogP contribution in [0.25, 0.3) is 0 Å². The lowest BCUT2D eigenvalue weighted by atomic mass is 10.2. The van der Waals surface area contributed by atoms with Crippen molar-refractivity contribution < 1.29 is 31.5 Å². The van der Waals surface area contributed by atoms with E-state index in [0.29, 0.717) is 18.6 Å². The average molecular weight is 417 g/mol. The summed E-state index contributed by atoms with van der Waals surface area (Å²) in [4.78, 5) is 15.2. The van der Waals surface area contributed by atoms with Crippen molar-refractivity contribution in [2.45, 2.75) is 35.4 Å². The third-order valence-electron chi connectivity index (χ3n) is 3.96. The number of pyridine rings is 1. The van der Waals surface area contributed by atoms with Crippen molar-refractivity contribution in [1.29, 1.82) is 0 Å². The molecule has 0 bridgehead atoms. The van der Waals surface area contributed by atoms with Crippen molar-refractivity contribution >= 4 is 21.4 Å². The molecule has 0 aliphatic rings. The Kier molecular flexibility index (Phi) is 6.30. The summed E-state index contributed by atoms with van der Waals surface area (Å²) in [5.41, 5.74) is 4.31. The highest BCUT2D eigenvalue weighted by Crippen LogP contribution is 2.31. The van der Waals surface area contributed by atoms with Crippen LogP contribution < -0.4 is 11.1 Å². The number of carbonyl (C=O) groups is 1. The van der Waals surface area contributed by atoms with E-state index in [1.165, 1.54) is 0 Å². The molecule has 1 atom stereocenters. The second-order valence-corrected chi connectivity index (χ2v) is 7.85. The van der Waals surface area contributed by atoms with Gasteiger partial charge in [0.15, 0.2) is 5.69 Å². The summed E-state index contributed by atoms with van der Waals surface area (Å²) in [7, 11) is -4.18. The smallest absolute Gasteiger partial charge is 0.397 e. The number of nitrogens with one attached hydrogen (secondary N) is 1.